The normalized spacial score (nSPS) is 14.8. The van der Waals surface area contributed by atoms with Gasteiger partial charge in [-0.2, -0.15) is 18.2 Å². The van der Waals surface area contributed by atoms with Crippen LogP contribution in [0.3, 0.4) is 0 Å². The monoisotopic (exact) mass is 684 g/mol. The van der Waals surface area contributed by atoms with Gasteiger partial charge in [-0.15, -0.1) is 0 Å². The predicted molar refractivity (Wildman–Crippen MR) is 177 cm³/mol. The number of pyridine rings is 1. The third-order valence-corrected chi connectivity index (χ3v) is 9.33. The van der Waals surface area contributed by atoms with Crippen LogP contribution in [0.2, 0.25) is 5.02 Å². The molecule has 3 heterocycles. The van der Waals surface area contributed by atoms with Gasteiger partial charge in [0, 0.05) is 81.5 Å². The number of fused-ring (bicyclic) bond motifs is 1. The zero-order valence-electron chi connectivity index (χ0n) is 25.3. The van der Waals surface area contributed by atoms with E-state index in [0.717, 1.165) is 23.7 Å². The van der Waals surface area contributed by atoms with Crippen LogP contribution < -0.4 is 15.8 Å². The lowest BCUT2D eigenvalue weighted by Crippen LogP contribution is -2.44. The molecule has 1 atom stereocenters. The van der Waals surface area contributed by atoms with Crippen molar-refractivity contribution in [2.24, 2.45) is 0 Å². The van der Waals surface area contributed by atoms with Crippen LogP contribution in [0.1, 0.15) is 11.1 Å². The number of aromatic nitrogens is 3. The van der Waals surface area contributed by atoms with Gasteiger partial charge in [0.15, 0.2) is 0 Å². The molecule has 1 aliphatic heterocycles. The summed E-state index contributed by atoms with van der Waals surface area (Å²) in [4.78, 5) is 27.5. The number of benzene rings is 3. The standard InChI is InChI=1S/C33H29ClF4N6O2S/c1-42-11-13-43(14-12-42)29-10-7-22(16-28(29)35)40-32-39-18-21-15-25(24-17-23(47(2)46)8-9-27(24)34)31(45)44(30(21)41-32)19-20-5-3-4-6-26(20)33(36,37)38/h3-10,15-18H,11-14,19H2,1-2H3,(H,39,40,41). The molecule has 1 fully saturated rings. The van der Waals surface area contributed by atoms with Crippen molar-refractivity contribution in [3.63, 3.8) is 0 Å². The van der Waals surface area contributed by atoms with E-state index in [-0.39, 0.29) is 33.3 Å². The molecular weight excluding hydrogens is 656 g/mol. The molecule has 0 radical (unpaired) electrons. The van der Waals surface area contributed by atoms with Crippen LogP contribution in [0.25, 0.3) is 22.2 Å². The van der Waals surface area contributed by atoms with Gasteiger partial charge in [0.25, 0.3) is 5.56 Å². The number of hydrogen-bond acceptors (Lipinski definition) is 7. The van der Waals surface area contributed by atoms with E-state index < -0.39 is 40.5 Å². The van der Waals surface area contributed by atoms with Gasteiger partial charge in [0.05, 0.1) is 17.8 Å². The maximum Gasteiger partial charge on any atom is 0.416 e. The zero-order chi connectivity index (χ0) is 33.5. The molecule has 14 heteroatoms. The largest absolute Gasteiger partial charge is 0.416 e. The van der Waals surface area contributed by atoms with Gasteiger partial charge in [-0.25, -0.2) is 9.37 Å². The summed E-state index contributed by atoms with van der Waals surface area (Å²) < 4.78 is 70.5. The Morgan fingerprint density at radius 3 is 2.43 bits per heavy atom. The summed E-state index contributed by atoms with van der Waals surface area (Å²) >= 11 is 6.48. The summed E-state index contributed by atoms with van der Waals surface area (Å²) in [6.45, 7) is 2.54. The highest BCUT2D eigenvalue weighted by molar-refractivity contribution is 7.84. The lowest BCUT2D eigenvalue weighted by Gasteiger charge is -2.34. The van der Waals surface area contributed by atoms with Crippen molar-refractivity contribution in [3.8, 4) is 11.1 Å². The van der Waals surface area contributed by atoms with Crippen LogP contribution in [0.5, 0.6) is 0 Å². The number of anilines is 3. The molecule has 1 saturated heterocycles. The molecular formula is C33H29ClF4N6O2S. The Balaban J connectivity index is 1.45. The van der Waals surface area contributed by atoms with Gasteiger partial charge < -0.3 is 15.1 Å². The molecule has 0 aliphatic carbocycles. The fourth-order valence-electron chi connectivity index (χ4n) is 5.57. The first-order valence-corrected chi connectivity index (χ1v) is 16.5. The molecule has 1 aliphatic rings. The SMILES string of the molecule is CN1CCN(c2ccc(Nc3ncc4cc(-c5cc(S(C)=O)ccc5Cl)c(=O)n(Cc5ccccc5C(F)(F)F)c4n3)cc2F)CC1. The second kappa shape index (κ2) is 13.1. The summed E-state index contributed by atoms with van der Waals surface area (Å²) in [7, 11) is 0.625. The second-order valence-electron chi connectivity index (χ2n) is 11.3. The second-order valence-corrected chi connectivity index (χ2v) is 13.0. The van der Waals surface area contributed by atoms with Gasteiger partial charge in [-0.05, 0) is 61.1 Å². The number of hydrogen-bond donors (Lipinski definition) is 1. The Morgan fingerprint density at radius 2 is 1.72 bits per heavy atom. The zero-order valence-corrected chi connectivity index (χ0v) is 26.9. The molecule has 3 aromatic carbocycles. The summed E-state index contributed by atoms with van der Waals surface area (Å²) in [6.07, 6.45) is -1.77. The van der Waals surface area contributed by atoms with Crippen LogP contribution >= 0.6 is 11.6 Å². The van der Waals surface area contributed by atoms with Gasteiger partial charge in [0.2, 0.25) is 5.95 Å². The third kappa shape index (κ3) is 6.87. The van der Waals surface area contributed by atoms with Crippen molar-refractivity contribution in [1.29, 1.82) is 0 Å². The Hall–Kier alpha value is -4.33. The van der Waals surface area contributed by atoms with Crippen molar-refractivity contribution in [2.45, 2.75) is 17.6 Å². The van der Waals surface area contributed by atoms with Crippen LogP contribution in [-0.2, 0) is 23.5 Å². The minimum absolute atomic E-state index is 0.00987. The maximum atomic E-state index is 15.2. The minimum Gasteiger partial charge on any atom is -0.367 e. The third-order valence-electron chi connectivity index (χ3n) is 8.09. The van der Waals surface area contributed by atoms with Crippen LogP contribution in [0.4, 0.5) is 34.9 Å². The smallest absolute Gasteiger partial charge is 0.367 e. The summed E-state index contributed by atoms with van der Waals surface area (Å²) in [5.41, 5.74) is -0.490. The van der Waals surface area contributed by atoms with E-state index in [0.29, 0.717) is 34.7 Å². The van der Waals surface area contributed by atoms with Crippen molar-refractivity contribution >= 4 is 50.8 Å². The number of alkyl halides is 3. The molecule has 1 unspecified atom stereocenters. The van der Waals surface area contributed by atoms with Gasteiger partial charge in [0.1, 0.15) is 11.5 Å². The Bertz CT molecular complexity index is 2060. The average molecular weight is 685 g/mol. The van der Waals surface area contributed by atoms with E-state index in [2.05, 4.69) is 20.2 Å². The van der Waals surface area contributed by atoms with Gasteiger partial charge >= 0.3 is 6.18 Å². The molecule has 0 amide bonds. The lowest BCUT2D eigenvalue weighted by molar-refractivity contribution is -0.138. The van der Waals surface area contributed by atoms with Crippen LogP contribution in [-0.4, -0.2) is 63.1 Å². The van der Waals surface area contributed by atoms with Crippen molar-refractivity contribution in [3.05, 3.63) is 105 Å². The molecule has 0 spiro atoms. The number of likely N-dealkylation sites (N-methyl/N-ethyl adjacent to an activating group) is 1. The fourth-order valence-corrected chi connectivity index (χ4v) is 6.33. The molecule has 6 rings (SSSR count). The molecule has 5 aromatic rings. The number of nitrogens with zero attached hydrogens (tertiary/aromatic N) is 5. The van der Waals surface area contributed by atoms with E-state index in [1.807, 2.05) is 11.9 Å². The first-order chi connectivity index (χ1) is 22.4. The van der Waals surface area contributed by atoms with Crippen molar-refractivity contribution < 1.29 is 21.8 Å². The Kier molecular flexibility index (Phi) is 9.05. The highest BCUT2D eigenvalue weighted by Crippen LogP contribution is 2.34. The first kappa shape index (κ1) is 32.6. The van der Waals surface area contributed by atoms with Gasteiger partial charge in [-0.3, -0.25) is 13.6 Å². The Labute approximate surface area is 275 Å². The minimum atomic E-state index is -4.67. The summed E-state index contributed by atoms with van der Waals surface area (Å²) in [5.74, 6) is -0.423. The van der Waals surface area contributed by atoms with Crippen LogP contribution in [0, 0.1) is 5.82 Å². The number of nitrogens with one attached hydrogen (secondary N) is 1. The number of halogens is 5. The summed E-state index contributed by atoms with van der Waals surface area (Å²) in [6, 6.07) is 15.8. The molecule has 0 saturated carbocycles. The predicted octanol–water partition coefficient (Wildman–Crippen LogP) is 6.55. The maximum absolute atomic E-state index is 15.2. The topological polar surface area (TPSA) is 83.4 Å². The number of piperazine rings is 1. The van der Waals surface area contributed by atoms with E-state index in [1.54, 1.807) is 18.2 Å². The highest BCUT2D eigenvalue weighted by atomic mass is 35.5. The summed E-state index contributed by atoms with van der Waals surface area (Å²) in [5, 5.41) is 3.49. The van der Waals surface area contributed by atoms with Crippen molar-refractivity contribution in [2.75, 3.05) is 49.7 Å². The lowest BCUT2D eigenvalue weighted by atomic mass is 10.0. The molecule has 8 nitrogen and oxygen atoms in total. The fraction of sp³-hybridized carbons (Fsp3) is 0.242. The van der Waals surface area contributed by atoms with E-state index >= 15 is 4.39 Å². The van der Waals surface area contributed by atoms with E-state index in [9.17, 15) is 22.2 Å². The quantitative estimate of drug-likeness (QED) is 0.195. The van der Waals surface area contributed by atoms with Gasteiger partial charge in [-0.1, -0.05) is 29.8 Å². The van der Waals surface area contributed by atoms with Crippen LogP contribution in [0.15, 0.2) is 82.6 Å². The van der Waals surface area contributed by atoms with E-state index in [4.69, 9.17) is 11.6 Å². The number of rotatable bonds is 7. The Morgan fingerprint density at radius 1 is 0.979 bits per heavy atom. The first-order valence-electron chi connectivity index (χ1n) is 14.6. The van der Waals surface area contributed by atoms with E-state index in [1.165, 1.54) is 54.9 Å². The molecule has 244 valence electrons. The van der Waals surface area contributed by atoms with Crippen molar-refractivity contribution in [1.82, 2.24) is 19.4 Å². The molecule has 1 N–H and O–H groups in total. The average Bonchev–Trinajstić information content (AvgIpc) is 3.03. The molecule has 2 aromatic heterocycles. The molecule has 0 bridgehead atoms. The molecule has 47 heavy (non-hydrogen) atoms. The highest BCUT2D eigenvalue weighted by Gasteiger charge is 2.33.